The summed E-state index contributed by atoms with van der Waals surface area (Å²) in [6.07, 6.45) is 4.85. The lowest BCUT2D eigenvalue weighted by Gasteiger charge is -2.35. The van der Waals surface area contributed by atoms with Crippen LogP contribution in [-0.4, -0.2) is 61.5 Å². The van der Waals surface area contributed by atoms with Crippen molar-refractivity contribution >= 4 is 5.91 Å². The molecule has 18 heavy (non-hydrogen) atoms. The van der Waals surface area contributed by atoms with Gasteiger partial charge in [0.1, 0.15) is 0 Å². The Morgan fingerprint density at radius 1 is 1.33 bits per heavy atom. The number of likely N-dealkylation sites (tertiary alicyclic amines) is 1. The van der Waals surface area contributed by atoms with Gasteiger partial charge in [0, 0.05) is 19.6 Å². The van der Waals surface area contributed by atoms with Gasteiger partial charge in [0.05, 0.1) is 6.54 Å². The van der Waals surface area contributed by atoms with Crippen molar-refractivity contribution in [1.29, 1.82) is 0 Å². The first-order valence-corrected chi connectivity index (χ1v) is 7.50. The second-order valence-electron chi connectivity index (χ2n) is 5.66. The van der Waals surface area contributed by atoms with Crippen molar-refractivity contribution in [1.82, 2.24) is 15.1 Å². The quantitative estimate of drug-likeness (QED) is 0.765. The Bertz CT molecular complexity index is 260. The van der Waals surface area contributed by atoms with Crippen molar-refractivity contribution in [2.75, 3.05) is 45.8 Å². The van der Waals surface area contributed by atoms with Crippen LogP contribution in [0.15, 0.2) is 0 Å². The zero-order chi connectivity index (χ0) is 12.8. The lowest BCUT2D eigenvalue weighted by atomic mass is 9.97. The number of nitrogens with zero attached hydrogens (tertiary/aromatic N) is 2. The van der Waals surface area contributed by atoms with Crippen LogP contribution >= 0.6 is 0 Å². The Balaban J connectivity index is 1.76. The third-order valence-electron chi connectivity index (χ3n) is 4.08. The molecule has 1 N–H and O–H groups in total. The summed E-state index contributed by atoms with van der Waals surface area (Å²) >= 11 is 0. The summed E-state index contributed by atoms with van der Waals surface area (Å²) < 4.78 is 0. The van der Waals surface area contributed by atoms with Gasteiger partial charge in [-0.3, -0.25) is 9.69 Å². The first-order chi connectivity index (χ1) is 8.79. The summed E-state index contributed by atoms with van der Waals surface area (Å²) in [7, 11) is 0. The van der Waals surface area contributed by atoms with E-state index in [1.807, 2.05) is 4.90 Å². The molecule has 1 amide bonds. The number of rotatable bonds is 6. The predicted molar refractivity (Wildman–Crippen MR) is 73.5 cm³/mol. The Kier molecular flexibility index (Phi) is 5.45. The van der Waals surface area contributed by atoms with Gasteiger partial charge in [-0.2, -0.15) is 0 Å². The van der Waals surface area contributed by atoms with Crippen LogP contribution in [0.1, 0.15) is 32.6 Å². The molecule has 2 fully saturated rings. The number of amides is 1. The molecule has 104 valence electrons. The Morgan fingerprint density at radius 2 is 2.06 bits per heavy atom. The maximum atomic E-state index is 12.0. The predicted octanol–water partition coefficient (Wildman–Crippen LogP) is 0.930. The van der Waals surface area contributed by atoms with Gasteiger partial charge in [-0.05, 0) is 51.2 Å². The van der Waals surface area contributed by atoms with Crippen molar-refractivity contribution in [3.8, 4) is 0 Å². The van der Waals surface area contributed by atoms with Gasteiger partial charge in [-0.1, -0.05) is 6.92 Å². The van der Waals surface area contributed by atoms with Crippen molar-refractivity contribution in [3.05, 3.63) is 0 Å². The molecule has 0 aliphatic carbocycles. The molecule has 0 aromatic carbocycles. The molecular formula is C14H27N3O. The van der Waals surface area contributed by atoms with Crippen molar-refractivity contribution in [2.45, 2.75) is 32.6 Å². The van der Waals surface area contributed by atoms with Gasteiger partial charge in [-0.25, -0.2) is 0 Å². The summed E-state index contributed by atoms with van der Waals surface area (Å²) in [5.41, 5.74) is 0. The van der Waals surface area contributed by atoms with Crippen molar-refractivity contribution in [2.24, 2.45) is 5.92 Å². The molecule has 2 heterocycles. The minimum absolute atomic E-state index is 0.337. The highest BCUT2D eigenvalue weighted by atomic mass is 16.2. The lowest BCUT2D eigenvalue weighted by molar-refractivity contribution is -0.136. The van der Waals surface area contributed by atoms with E-state index in [4.69, 9.17) is 0 Å². The summed E-state index contributed by atoms with van der Waals surface area (Å²) in [4.78, 5) is 16.4. The van der Waals surface area contributed by atoms with E-state index in [9.17, 15) is 4.79 Å². The molecule has 0 radical (unpaired) electrons. The van der Waals surface area contributed by atoms with Crippen molar-refractivity contribution < 1.29 is 4.79 Å². The van der Waals surface area contributed by atoms with Crippen LogP contribution in [0.4, 0.5) is 0 Å². The maximum Gasteiger partial charge on any atom is 0.236 e. The molecular weight excluding hydrogens is 226 g/mol. The summed E-state index contributed by atoms with van der Waals surface area (Å²) in [6, 6.07) is 0. The fourth-order valence-corrected chi connectivity index (χ4v) is 2.84. The molecule has 2 aliphatic rings. The lowest BCUT2D eigenvalue weighted by Crippen LogP contribution is -2.48. The highest BCUT2D eigenvalue weighted by molar-refractivity contribution is 5.78. The molecule has 4 heteroatoms. The van der Waals surface area contributed by atoms with Crippen molar-refractivity contribution in [3.63, 3.8) is 0 Å². The number of piperidine rings is 1. The zero-order valence-corrected chi connectivity index (χ0v) is 11.7. The Labute approximate surface area is 111 Å². The molecule has 0 bridgehead atoms. The van der Waals surface area contributed by atoms with E-state index in [-0.39, 0.29) is 0 Å². The van der Waals surface area contributed by atoms with Gasteiger partial charge >= 0.3 is 0 Å². The van der Waals surface area contributed by atoms with E-state index < -0.39 is 0 Å². The first-order valence-electron chi connectivity index (χ1n) is 7.50. The van der Waals surface area contributed by atoms with Gasteiger partial charge < -0.3 is 10.2 Å². The van der Waals surface area contributed by atoms with Crippen LogP contribution in [-0.2, 0) is 4.79 Å². The van der Waals surface area contributed by atoms with Crippen LogP contribution in [0.2, 0.25) is 0 Å². The topological polar surface area (TPSA) is 35.6 Å². The van der Waals surface area contributed by atoms with E-state index in [1.54, 1.807) is 0 Å². The fraction of sp³-hybridized carbons (Fsp3) is 0.929. The molecule has 0 aromatic heterocycles. The fourth-order valence-electron chi connectivity index (χ4n) is 2.84. The molecule has 2 saturated heterocycles. The molecule has 2 aliphatic heterocycles. The normalized spacial score (nSPS) is 21.1. The van der Waals surface area contributed by atoms with Gasteiger partial charge in [0.2, 0.25) is 5.91 Å². The SMILES string of the molecule is CCCN(CC(=O)N1CCC1)CC1CCNCC1. The zero-order valence-electron chi connectivity index (χ0n) is 11.7. The number of carbonyl (C=O) groups is 1. The molecule has 0 aromatic rings. The molecule has 0 atom stereocenters. The number of hydrogen-bond acceptors (Lipinski definition) is 3. The molecule has 2 rings (SSSR count). The second kappa shape index (κ2) is 7.10. The first kappa shape index (κ1) is 13.8. The smallest absolute Gasteiger partial charge is 0.236 e. The minimum atomic E-state index is 0.337. The summed E-state index contributed by atoms with van der Waals surface area (Å²) in [6.45, 7) is 9.24. The average molecular weight is 253 g/mol. The third kappa shape index (κ3) is 3.95. The van der Waals surface area contributed by atoms with Crippen LogP contribution in [0.25, 0.3) is 0 Å². The molecule has 0 unspecified atom stereocenters. The number of nitrogens with one attached hydrogen (secondary N) is 1. The third-order valence-corrected chi connectivity index (χ3v) is 4.08. The van der Waals surface area contributed by atoms with E-state index in [1.165, 1.54) is 19.3 Å². The van der Waals surface area contributed by atoms with E-state index in [0.717, 1.165) is 51.6 Å². The summed E-state index contributed by atoms with van der Waals surface area (Å²) in [5.74, 6) is 1.12. The van der Waals surface area contributed by atoms with Crippen LogP contribution in [0.5, 0.6) is 0 Å². The van der Waals surface area contributed by atoms with Crippen LogP contribution in [0, 0.1) is 5.92 Å². The largest absolute Gasteiger partial charge is 0.341 e. The van der Waals surface area contributed by atoms with Gasteiger partial charge in [0.25, 0.3) is 0 Å². The minimum Gasteiger partial charge on any atom is -0.341 e. The molecule has 4 nitrogen and oxygen atoms in total. The average Bonchev–Trinajstić information content (AvgIpc) is 2.28. The van der Waals surface area contributed by atoms with Crippen LogP contribution < -0.4 is 5.32 Å². The highest BCUT2D eigenvalue weighted by Crippen LogP contribution is 2.14. The van der Waals surface area contributed by atoms with Gasteiger partial charge in [-0.15, -0.1) is 0 Å². The standard InChI is InChI=1S/C14H27N3O/c1-2-8-16(11-13-4-6-15-7-5-13)12-14(18)17-9-3-10-17/h13,15H,2-12H2,1H3. The Hall–Kier alpha value is -0.610. The monoisotopic (exact) mass is 253 g/mol. The number of hydrogen-bond donors (Lipinski definition) is 1. The number of carbonyl (C=O) groups excluding carboxylic acids is 1. The maximum absolute atomic E-state index is 12.0. The highest BCUT2D eigenvalue weighted by Gasteiger charge is 2.23. The van der Waals surface area contributed by atoms with Gasteiger partial charge in [0.15, 0.2) is 0 Å². The molecule has 0 spiro atoms. The molecule has 0 saturated carbocycles. The summed E-state index contributed by atoms with van der Waals surface area (Å²) in [5, 5.41) is 3.40. The van der Waals surface area contributed by atoms with Crippen LogP contribution in [0.3, 0.4) is 0 Å². The van der Waals surface area contributed by atoms with E-state index in [2.05, 4.69) is 17.1 Å². The Morgan fingerprint density at radius 3 is 2.61 bits per heavy atom. The van der Waals surface area contributed by atoms with E-state index >= 15 is 0 Å². The van der Waals surface area contributed by atoms with E-state index in [0.29, 0.717) is 12.5 Å². The second-order valence-corrected chi connectivity index (χ2v) is 5.66.